The Morgan fingerprint density at radius 2 is 1.90 bits per heavy atom. The predicted octanol–water partition coefficient (Wildman–Crippen LogP) is 2.81. The highest BCUT2D eigenvalue weighted by molar-refractivity contribution is 7.88. The number of piperidine rings is 1. The van der Waals surface area contributed by atoms with Gasteiger partial charge in [0.2, 0.25) is 10.0 Å². The van der Waals surface area contributed by atoms with Gasteiger partial charge in [0, 0.05) is 30.6 Å². The zero-order chi connectivity index (χ0) is 20.8. The summed E-state index contributed by atoms with van der Waals surface area (Å²) in [6.45, 7) is 0.840. The fourth-order valence-electron chi connectivity index (χ4n) is 3.45. The quantitative estimate of drug-likeness (QED) is 0.698. The first-order valence-corrected chi connectivity index (χ1v) is 10.8. The summed E-state index contributed by atoms with van der Waals surface area (Å²) in [4.78, 5) is 0. The summed E-state index contributed by atoms with van der Waals surface area (Å²) in [5.41, 5.74) is 0.827. The van der Waals surface area contributed by atoms with Crippen LogP contribution in [0, 0.1) is 11.6 Å². The SMILES string of the molecule is CS(=O)(=O)N1CCC(Oc2ccc3c(cnn3-c3cc(O)c(F)c(F)c3)c2)CC1. The number of rotatable bonds is 4. The lowest BCUT2D eigenvalue weighted by Crippen LogP contribution is -2.41. The second-order valence-electron chi connectivity index (χ2n) is 7.02. The standard InChI is InChI=1S/C19H19F2N3O4S/c1-29(26,27)23-6-4-14(5-7-23)28-15-2-3-17-12(8-15)11-22-24(17)13-9-16(20)19(21)18(25)10-13/h2-3,8-11,14,25H,4-7H2,1H3. The number of benzene rings is 2. The van der Waals surface area contributed by atoms with Gasteiger partial charge in [-0.2, -0.15) is 9.49 Å². The van der Waals surface area contributed by atoms with Gasteiger partial charge < -0.3 is 9.84 Å². The zero-order valence-electron chi connectivity index (χ0n) is 15.5. The molecule has 0 aliphatic carbocycles. The van der Waals surface area contributed by atoms with Crippen LogP contribution < -0.4 is 4.74 Å². The van der Waals surface area contributed by atoms with Crippen LogP contribution in [-0.4, -0.2) is 53.1 Å². The Bertz CT molecular complexity index is 1150. The average Bonchev–Trinajstić information content (AvgIpc) is 3.08. The molecule has 0 atom stereocenters. The minimum absolute atomic E-state index is 0.0939. The van der Waals surface area contributed by atoms with Crippen LogP contribution in [0.4, 0.5) is 8.78 Å². The molecule has 1 fully saturated rings. The van der Waals surface area contributed by atoms with Crippen molar-refractivity contribution in [2.45, 2.75) is 18.9 Å². The molecule has 0 unspecified atom stereocenters. The number of fused-ring (bicyclic) bond motifs is 1. The summed E-state index contributed by atoms with van der Waals surface area (Å²) in [6, 6.07) is 7.32. The number of hydrogen-bond acceptors (Lipinski definition) is 5. The first kappa shape index (κ1) is 19.6. The van der Waals surface area contributed by atoms with Gasteiger partial charge in [-0.1, -0.05) is 0 Å². The van der Waals surface area contributed by atoms with Crippen molar-refractivity contribution in [2.24, 2.45) is 0 Å². The van der Waals surface area contributed by atoms with E-state index in [1.165, 1.54) is 15.2 Å². The second-order valence-corrected chi connectivity index (χ2v) is 9.00. The van der Waals surface area contributed by atoms with E-state index in [0.717, 1.165) is 17.5 Å². The summed E-state index contributed by atoms with van der Waals surface area (Å²) in [5, 5.41) is 14.4. The predicted molar refractivity (Wildman–Crippen MR) is 103 cm³/mol. The summed E-state index contributed by atoms with van der Waals surface area (Å²) >= 11 is 0. The number of halogens is 2. The maximum Gasteiger partial charge on any atom is 0.211 e. The molecule has 154 valence electrons. The zero-order valence-corrected chi connectivity index (χ0v) is 16.4. The Labute approximate surface area is 166 Å². The van der Waals surface area contributed by atoms with E-state index in [1.54, 1.807) is 24.4 Å². The molecule has 2 heterocycles. The number of aromatic nitrogens is 2. The van der Waals surface area contributed by atoms with Gasteiger partial charge in [-0.3, -0.25) is 0 Å². The maximum atomic E-state index is 13.6. The third kappa shape index (κ3) is 3.90. The van der Waals surface area contributed by atoms with Crippen LogP contribution in [0.5, 0.6) is 11.5 Å². The highest BCUT2D eigenvalue weighted by Crippen LogP contribution is 2.28. The Morgan fingerprint density at radius 3 is 2.55 bits per heavy atom. The summed E-state index contributed by atoms with van der Waals surface area (Å²) in [6.07, 6.45) is 3.86. The molecule has 0 spiro atoms. The van der Waals surface area contributed by atoms with E-state index in [9.17, 15) is 22.3 Å². The smallest absolute Gasteiger partial charge is 0.211 e. The van der Waals surface area contributed by atoms with Crippen LogP contribution in [0.2, 0.25) is 0 Å². The van der Waals surface area contributed by atoms with Crippen molar-refractivity contribution in [1.82, 2.24) is 14.1 Å². The number of phenols is 1. The van der Waals surface area contributed by atoms with Crippen molar-refractivity contribution in [1.29, 1.82) is 0 Å². The molecule has 7 nitrogen and oxygen atoms in total. The number of aromatic hydroxyl groups is 1. The van der Waals surface area contributed by atoms with Gasteiger partial charge in [0.05, 0.1) is 23.7 Å². The van der Waals surface area contributed by atoms with Crippen molar-refractivity contribution in [3.8, 4) is 17.2 Å². The Balaban J connectivity index is 1.53. The molecular formula is C19H19F2N3O4S. The van der Waals surface area contributed by atoms with E-state index in [1.807, 2.05) is 0 Å². The first-order chi connectivity index (χ1) is 13.7. The normalized spacial score (nSPS) is 16.4. The van der Waals surface area contributed by atoms with Crippen LogP contribution in [0.1, 0.15) is 12.8 Å². The maximum absolute atomic E-state index is 13.6. The molecule has 0 saturated carbocycles. The molecule has 1 aromatic heterocycles. The largest absolute Gasteiger partial charge is 0.505 e. The molecule has 0 radical (unpaired) electrons. The lowest BCUT2D eigenvalue weighted by molar-refractivity contribution is 0.135. The van der Waals surface area contributed by atoms with Gasteiger partial charge in [-0.25, -0.2) is 21.8 Å². The number of sulfonamides is 1. The van der Waals surface area contributed by atoms with Crippen LogP contribution >= 0.6 is 0 Å². The molecule has 0 amide bonds. The third-order valence-corrected chi connectivity index (χ3v) is 6.25. The van der Waals surface area contributed by atoms with Gasteiger partial charge >= 0.3 is 0 Å². The van der Waals surface area contributed by atoms with Crippen LogP contribution in [0.3, 0.4) is 0 Å². The topological polar surface area (TPSA) is 84.7 Å². The van der Waals surface area contributed by atoms with Gasteiger partial charge in [0.15, 0.2) is 17.4 Å². The molecule has 0 bridgehead atoms. The van der Waals surface area contributed by atoms with E-state index in [2.05, 4.69) is 5.10 Å². The fourth-order valence-corrected chi connectivity index (χ4v) is 4.32. The molecule has 2 aromatic carbocycles. The minimum atomic E-state index is -3.18. The molecular weight excluding hydrogens is 404 g/mol. The Kier molecular flexibility index (Phi) is 4.91. The van der Waals surface area contributed by atoms with Crippen LogP contribution in [-0.2, 0) is 10.0 Å². The fraction of sp³-hybridized carbons (Fsp3) is 0.316. The molecule has 3 aromatic rings. The third-order valence-electron chi connectivity index (χ3n) is 4.95. The van der Waals surface area contributed by atoms with Crippen LogP contribution in [0.15, 0.2) is 36.5 Å². The van der Waals surface area contributed by atoms with Crippen molar-refractivity contribution in [2.75, 3.05) is 19.3 Å². The molecule has 29 heavy (non-hydrogen) atoms. The van der Waals surface area contributed by atoms with E-state index in [4.69, 9.17) is 4.74 Å². The number of phenolic OH excluding ortho intramolecular Hbond substituents is 1. The summed E-state index contributed by atoms with van der Waals surface area (Å²) in [7, 11) is -3.18. The summed E-state index contributed by atoms with van der Waals surface area (Å²) < 4.78 is 59.0. The molecule has 1 saturated heterocycles. The van der Waals surface area contributed by atoms with Crippen molar-refractivity contribution in [3.05, 3.63) is 48.2 Å². The molecule has 10 heteroatoms. The Hall–Kier alpha value is -2.72. The highest BCUT2D eigenvalue weighted by Gasteiger charge is 2.26. The van der Waals surface area contributed by atoms with E-state index >= 15 is 0 Å². The van der Waals surface area contributed by atoms with Crippen molar-refractivity contribution in [3.63, 3.8) is 0 Å². The lowest BCUT2D eigenvalue weighted by Gasteiger charge is -2.30. The minimum Gasteiger partial charge on any atom is -0.505 e. The van der Waals surface area contributed by atoms with Gasteiger partial charge in [0.25, 0.3) is 0 Å². The van der Waals surface area contributed by atoms with Gasteiger partial charge in [-0.05, 0) is 31.0 Å². The van der Waals surface area contributed by atoms with Crippen LogP contribution in [0.25, 0.3) is 16.6 Å². The highest BCUT2D eigenvalue weighted by atomic mass is 32.2. The van der Waals surface area contributed by atoms with E-state index < -0.39 is 27.4 Å². The monoisotopic (exact) mass is 423 g/mol. The Morgan fingerprint density at radius 1 is 1.17 bits per heavy atom. The average molecular weight is 423 g/mol. The van der Waals surface area contributed by atoms with Gasteiger partial charge in [0.1, 0.15) is 11.9 Å². The first-order valence-electron chi connectivity index (χ1n) is 9.00. The molecule has 1 N–H and O–H groups in total. The van der Waals surface area contributed by atoms with Crippen molar-refractivity contribution >= 4 is 20.9 Å². The molecule has 1 aliphatic heterocycles. The number of nitrogens with zero attached hydrogens (tertiary/aromatic N) is 3. The molecule has 1 aliphatic rings. The number of hydrogen-bond donors (Lipinski definition) is 1. The van der Waals surface area contributed by atoms with E-state index in [0.29, 0.717) is 37.2 Å². The van der Waals surface area contributed by atoms with Crippen molar-refractivity contribution < 1.29 is 27.0 Å². The second kappa shape index (κ2) is 7.27. The summed E-state index contributed by atoms with van der Waals surface area (Å²) in [5.74, 6) is -2.64. The molecule has 4 rings (SSSR count). The number of ether oxygens (including phenoxy) is 1. The van der Waals surface area contributed by atoms with Gasteiger partial charge in [-0.15, -0.1) is 0 Å². The van der Waals surface area contributed by atoms with E-state index in [-0.39, 0.29) is 11.8 Å². The lowest BCUT2D eigenvalue weighted by atomic mass is 10.1.